The van der Waals surface area contributed by atoms with E-state index in [1.54, 1.807) is 14.2 Å². The average molecular weight is 294 g/mol. The number of rotatable bonds is 4. The standard InChI is InChI=1S/C18H18N2O2/c1-13-12-18(14-4-8-16(21-2)9-5-14)20(19-13)15-6-10-17(22-3)11-7-15/h4-12H,1-3H3. The first kappa shape index (κ1) is 14.2. The zero-order valence-corrected chi connectivity index (χ0v) is 12.9. The summed E-state index contributed by atoms with van der Waals surface area (Å²) in [6, 6.07) is 17.9. The molecule has 2 aromatic carbocycles. The maximum atomic E-state index is 5.21. The van der Waals surface area contributed by atoms with Gasteiger partial charge in [0.05, 0.1) is 31.3 Å². The maximum Gasteiger partial charge on any atom is 0.119 e. The smallest absolute Gasteiger partial charge is 0.119 e. The van der Waals surface area contributed by atoms with Gasteiger partial charge in [-0.1, -0.05) is 0 Å². The van der Waals surface area contributed by atoms with Crippen LogP contribution in [-0.4, -0.2) is 24.0 Å². The maximum absolute atomic E-state index is 5.21. The first-order valence-electron chi connectivity index (χ1n) is 7.07. The molecule has 0 atom stereocenters. The van der Waals surface area contributed by atoms with Crippen LogP contribution in [0.5, 0.6) is 11.5 Å². The fraction of sp³-hybridized carbons (Fsp3) is 0.167. The van der Waals surface area contributed by atoms with E-state index in [4.69, 9.17) is 9.47 Å². The number of aryl methyl sites for hydroxylation is 1. The van der Waals surface area contributed by atoms with Crippen molar-refractivity contribution in [2.24, 2.45) is 0 Å². The van der Waals surface area contributed by atoms with Crippen molar-refractivity contribution in [2.45, 2.75) is 6.92 Å². The Balaban J connectivity index is 2.04. The van der Waals surface area contributed by atoms with Crippen LogP contribution in [0.1, 0.15) is 5.69 Å². The lowest BCUT2D eigenvalue weighted by atomic mass is 10.1. The molecule has 0 spiro atoms. The summed E-state index contributed by atoms with van der Waals surface area (Å²) < 4.78 is 12.4. The predicted molar refractivity (Wildman–Crippen MR) is 86.8 cm³/mol. The number of hydrogen-bond acceptors (Lipinski definition) is 3. The van der Waals surface area contributed by atoms with Gasteiger partial charge in [0.15, 0.2) is 0 Å². The van der Waals surface area contributed by atoms with Crippen LogP contribution in [-0.2, 0) is 0 Å². The molecule has 4 nitrogen and oxygen atoms in total. The number of aromatic nitrogens is 2. The Labute approximate surface area is 129 Å². The summed E-state index contributed by atoms with van der Waals surface area (Å²) in [5, 5.41) is 4.60. The molecule has 0 aliphatic rings. The Morgan fingerprint density at radius 2 is 1.36 bits per heavy atom. The van der Waals surface area contributed by atoms with Crippen LogP contribution < -0.4 is 9.47 Å². The van der Waals surface area contributed by atoms with Gasteiger partial charge >= 0.3 is 0 Å². The van der Waals surface area contributed by atoms with E-state index in [0.29, 0.717) is 0 Å². The van der Waals surface area contributed by atoms with Crippen molar-refractivity contribution in [2.75, 3.05) is 14.2 Å². The molecule has 0 N–H and O–H groups in total. The largest absolute Gasteiger partial charge is 0.497 e. The molecule has 0 unspecified atom stereocenters. The van der Waals surface area contributed by atoms with E-state index in [0.717, 1.165) is 34.1 Å². The van der Waals surface area contributed by atoms with Crippen molar-refractivity contribution < 1.29 is 9.47 Å². The van der Waals surface area contributed by atoms with E-state index in [9.17, 15) is 0 Å². The van der Waals surface area contributed by atoms with Crippen LogP contribution in [0.4, 0.5) is 0 Å². The molecule has 4 heteroatoms. The van der Waals surface area contributed by atoms with Crippen molar-refractivity contribution in [1.82, 2.24) is 9.78 Å². The Hall–Kier alpha value is -2.75. The summed E-state index contributed by atoms with van der Waals surface area (Å²) >= 11 is 0. The van der Waals surface area contributed by atoms with E-state index in [1.165, 1.54) is 0 Å². The first-order chi connectivity index (χ1) is 10.7. The highest BCUT2D eigenvalue weighted by molar-refractivity contribution is 5.63. The van der Waals surface area contributed by atoms with Crippen LogP contribution >= 0.6 is 0 Å². The van der Waals surface area contributed by atoms with Crippen LogP contribution in [0.3, 0.4) is 0 Å². The molecule has 3 rings (SSSR count). The summed E-state index contributed by atoms with van der Waals surface area (Å²) in [7, 11) is 3.33. The van der Waals surface area contributed by atoms with E-state index < -0.39 is 0 Å². The van der Waals surface area contributed by atoms with Gasteiger partial charge in [0.25, 0.3) is 0 Å². The highest BCUT2D eigenvalue weighted by atomic mass is 16.5. The fourth-order valence-corrected chi connectivity index (χ4v) is 2.39. The molecule has 1 heterocycles. The van der Waals surface area contributed by atoms with Crippen molar-refractivity contribution >= 4 is 0 Å². The van der Waals surface area contributed by atoms with Gasteiger partial charge in [-0.25, -0.2) is 4.68 Å². The lowest BCUT2D eigenvalue weighted by Crippen LogP contribution is -1.99. The predicted octanol–water partition coefficient (Wildman–Crippen LogP) is 3.86. The lowest BCUT2D eigenvalue weighted by Gasteiger charge is -2.09. The second-order valence-corrected chi connectivity index (χ2v) is 5.01. The normalized spacial score (nSPS) is 10.5. The molecule has 0 saturated carbocycles. The molecule has 3 aromatic rings. The van der Waals surface area contributed by atoms with Crippen molar-refractivity contribution in [3.05, 3.63) is 60.3 Å². The van der Waals surface area contributed by atoms with Crippen LogP contribution in [0.25, 0.3) is 16.9 Å². The minimum Gasteiger partial charge on any atom is -0.497 e. The summed E-state index contributed by atoms with van der Waals surface area (Å²) in [5.41, 5.74) is 4.11. The third kappa shape index (κ3) is 2.68. The number of methoxy groups -OCH3 is 2. The zero-order chi connectivity index (χ0) is 15.5. The van der Waals surface area contributed by atoms with Gasteiger partial charge in [-0.15, -0.1) is 0 Å². The molecule has 0 fully saturated rings. The van der Waals surface area contributed by atoms with Crippen LogP contribution in [0.2, 0.25) is 0 Å². The van der Waals surface area contributed by atoms with Gasteiger partial charge in [-0.05, 0) is 61.5 Å². The summed E-state index contributed by atoms with van der Waals surface area (Å²) in [4.78, 5) is 0. The number of ether oxygens (including phenoxy) is 2. The topological polar surface area (TPSA) is 36.3 Å². The molecule has 0 aliphatic heterocycles. The van der Waals surface area contributed by atoms with Gasteiger partial charge < -0.3 is 9.47 Å². The summed E-state index contributed by atoms with van der Waals surface area (Å²) in [5.74, 6) is 1.68. The van der Waals surface area contributed by atoms with Gasteiger partial charge in [-0.2, -0.15) is 5.10 Å². The van der Waals surface area contributed by atoms with Crippen molar-refractivity contribution in [3.8, 4) is 28.4 Å². The second kappa shape index (κ2) is 5.93. The molecular weight excluding hydrogens is 276 g/mol. The quantitative estimate of drug-likeness (QED) is 0.733. The Kier molecular flexibility index (Phi) is 3.83. The number of benzene rings is 2. The Bertz CT molecular complexity index is 694. The molecule has 0 radical (unpaired) electrons. The van der Waals surface area contributed by atoms with E-state index in [1.807, 2.05) is 60.1 Å². The number of hydrogen-bond donors (Lipinski definition) is 0. The molecule has 1 aromatic heterocycles. The van der Waals surface area contributed by atoms with Crippen LogP contribution in [0, 0.1) is 6.92 Å². The highest BCUT2D eigenvalue weighted by Gasteiger charge is 2.10. The zero-order valence-electron chi connectivity index (χ0n) is 12.9. The summed E-state index contributed by atoms with van der Waals surface area (Å²) in [6.07, 6.45) is 0. The molecule has 112 valence electrons. The van der Waals surface area contributed by atoms with Gasteiger partial charge in [0.2, 0.25) is 0 Å². The van der Waals surface area contributed by atoms with Crippen LogP contribution in [0.15, 0.2) is 54.6 Å². The van der Waals surface area contributed by atoms with Crippen molar-refractivity contribution in [3.63, 3.8) is 0 Å². The van der Waals surface area contributed by atoms with Gasteiger partial charge in [-0.3, -0.25) is 0 Å². The second-order valence-electron chi connectivity index (χ2n) is 5.01. The molecule has 0 bridgehead atoms. The number of nitrogens with zero attached hydrogens (tertiary/aromatic N) is 2. The Morgan fingerprint density at radius 1 is 0.818 bits per heavy atom. The van der Waals surface area contributed by atoms with E-state index in [2.05, 4.69) is 11.2 Å². The monoisotopic (exact) mass is 294 g/mol. The highest BCUT2D eigenvalue weighted by Crippen LogP contribution is 2.26. The average Bonchev–Trinajstić information content (AvgIpc) is 2.97. The lowest BCUT2D eigenvalue weighted by molar-refractivity contribution is 0.414. The molecule has 0 amide bonds. The summed E-state index contributed by atoms with van der Waals surface area (Å²) in [6.45, 7) is 1.99. The SMILES string of the molecule is COc1ccc(-c2cc(C)nn2-c2ccc(OC)cc2)cc1. The minimum atomic E-state index is 0.832. The van der Waals surface area contributed by atoms with Crippen molar-refractivity contribution in [1.29, 1.82) is 0 Å². The molecule has 0 aliphatic carbocycles. The minimum absolute atomic E-state index is 0.832. The molecule has 0 saturated heterocycles. The molecule has 22 heavy (non-hydrogen) atoms. The third-order valence-corrected chi connectivity index (χ3v) is 3.53. The molecular formula is C18H18N2O2. The third-order valence-electron chi connectivity index (χ3n) is 3.53. The Morgan fingerprint density at radius 3 is 1.91 bits per heavy atom. The van der Waals surface area contributed by atoms with Gasteiger partial charge in [0, 0.05) is 5.56 Å². The van der Waals surface area contributed by atoms with E-state index in [-0.39, 0.29) is 0 Å². The van der Waals surface area contributed by atoms with Gasteiger partial charge in [0.1, 0.15) is 11.5 Å². The van der Waals surface area contributed by atoms with E-state index >= 15 is 0 Å². The first-order valence-corrected chi connectivity index (χ1v) is 7.07. The fourth-order valence-electron chi connectivity index (χ4n) is 2.39.